The summed E-state index contributed by atoms with van der Waals surface area (Å²) in [7, 11) is 2.86. The summed E-state index contributed by atoms with van der Waals surface area (Å²) < 4.78 is 18.3. The molecule has 11 nitrogen and oxygen atoms in total. The maximum absolute atomic E-state index is 13.6. The van der Waals surface area contributed by atoms with Crippen molar-refractivity contribution >= 4 is 22.7 Å². The number of carbonyl (C=O) groups excluding carboxylic acids is 1. The van der Waals surface area contributed by atoms with Crippen LogP contribution in [0.1, 0.15) is 11.3 Å². The van der Waals surface area contributed by atoms with E-state index in [9.17, 15) is 23.6 Å². The van der Waals surface area contributed by atoms with Gasteiger partial charge in [-0.2, -0.15) is 0 Å². The van der Waals surface area contributed by atoms with Crippen molar-refractivity contribution in [2.75, 3.05) is 6.54 Å². The lowest BCUT2D eigenvalue weighted by atomic mass is 10.1. The van der Waals surface area contributed by atoms with Crippen LogP contribution in [0.5, 0.6) is 0 Å². The molecule has 4 aromatic heterocycles. The number of aryl methyl sites for hydroxylation is 1. The lowest BCUT2D eigenvalue weighted by Crippen LogP contribution is -2.42. The zero-order valence-electron chi connectivity index (χ0n) is 17.3. The Morgan fingerprint density at radius 2 is 1.91 bits per heavy atom. The molecule has 0 saturated carbocycles. The molecule has 0 radical (unpaired) electrons. The van der Waals surface area contributed by atoms with Gasteiger partial charge in [-0.25, -0.2) is 19.2 Å². The molecular formula is C20H18FN7O4. The molecule has 1 aliphatic rings. The van der Waals surface area contributed by atoms with Gasteiger partial charge in [-0.15, -0.1) is 0 Å². The molecule has 32 heavy (non-hydrogen) atoms. The Bertz CT molecular complexity index is 1610. The molecule has 12 heteroatoms. The van der Waals surface area contributed by atoms with Crippen LogP contribution in [0, 0.1) is 5.82 Å². The molecule has 0 bridgehead atoms. The number of carbonyl (C=O) groups is 1. The Morgan fingerprint density at radius 3 is 2.69 bits per heavy atom. The Balaban J connectivity index is 1.48. The number of rotatable bonds is 2. The summed E-state index contributed by atoms with van der Waals surface area (Å²) in [5.74, 6) is -0.886. The van der Waals surface area contributed by atoms with Crippen molar-refractivity contribution in [2.45, 2.75) is 19.5 Å². The maximum atomic E-state index is 13.6. The van der Waals surface area contributed by atoms with Crippen molar-refractivity contribution in [2.24, 2.45) is 14.1 Å². The van der Waals surface area contributed by atoms with Crippen molar-refractivity contribution in [1.82, 2.24) is 33.0 Å². The fourth-order valence-corrected chi connectivity index (χ4v) is 4.05. The number of nitrogens with zero attached hydrogens (tertiary/aromatic N) is 7. The van der Waals surface area contributed by atoms with Gasteiger partial charge in [-0.1, -0.05) is 0 Å². The van der Waals surface area contributed by atoms with E-state index in [1.54, 1.807) is 0 Å². The molecule has 1 amide bonds. The molecule has 5 heterocycles. The van der Waals surface area contributed by atoms with Gasteiger partial charge in [0.2, 0.25) is 5.91 Å². The molecule has 164 valence electrons. The average Bonchev–Trinajstić information content (AvgIpc) is 3.20. The first-order valence-corrected chi connectivity index (χ1v) is 9.84. The zero-order chi connectivity index (χ0) is 22.7. The molecule has 1 aliphatic heterocycles. The highest BCUT2D eigenvalue weighted by atomic mass is 19.1. The minimum atomic E-state index is -0.562. The third kappa shape index (κ3) is 2.87. The predicted octanol–water partition coefficient (Wildman–Crippen LogP) is -0.834. The fourth-order valence-electron chi connectivity index (χ4n) is 4.05. The minimum absolute atomic E-state index is 0.0303. The van der Waals surface area contributed by atoms with Crippen LogP contribution in [0.2, 0.25) is 0 Å². The number of pyridine rings is 1. The summed E-state index contributed by atoms with van der Waals surface area (Å²) in [4.78, 5) is 60.6. The largest absolute Gasteiger partial charge is 0.336 e. The van der Waals surface area contributed by atoms with E-state index in [0.29, 0.717) is 29.9 Å². The summed E-state index contributed by atoms with van der Waals surface area (Å²) in [6, 6.07) is 2.68. The molecule has 0 unspecified atom stereocenters. The minimum Gasteiger partial charge on any atom is -0.336 e. The van der Waals surface area contributed by atoms with Crippen LogP contribution in [0.4, 0.5) is 4.39 Å². The number of halogens is 1. The molecule has 0 aliphatic carbocycles. The Morgan fingerprint density at radius 1 is 1.12 bits per heavy atom. The summed E-state index contributed by atoms with van der Waals surface area (Å²) in [5, 5.41) is 0. The number of amides is 1. The Hall–Kier alpha value is -4.09. The van der Waals surface area contributed by atoms with Gasteiger partial charge in [0.25, 0.3) is 11.1 Å². The van der Waals surface area contributed by atoms with Gasteiger partial charge >= 0.3 is 5.69 Å². The van der Waals surface area contributed by atoms with Crippen LogP contribution < -0.4 is 16.8 Å². The van der Waals surface area contributed by atoms with E-state index in [4.69, 9.17) is 0 Å². The lowest BCUT2D eigenvalue weighted by Gasteiger charge is -2.28. The normalized spacial score (nSPS) is 13.7. The number of aromatic nitrogens is 6. The highest BCUT2D eigenvalue weighted by Gasteiger charge is 2.26. The molecule has 4 aromatic rings. The third-order valence-corrected chi connectivity index (χ3v) is 5.81. The van der Waals surface area contributed by atoms with Crippen molar-refractivity contribution in [3.63, 3.8) is 0 Å². The zero-order valence-corrected chi connectivity index (χ0v) is 17.3. The molecule has 0 fully saturated rings. The van der Waals surface area contributed by atoms with Crippen molar-refractivity contribution in [1.29, 1.82) is 0 Å². The first-order valence-electron chi connectivity index (χ1n) is 9.84. The smallest absolute Gasteiger partial charge is 0.332 e. The van der Waals surface area contributed by atoms with Crippen LogP contribution in [0.15, 0.2) is 39.0 Å². The molecule has 0 saturated heterocycles. The molecule has 0 spiro atoms. The molecular weight excluding hydrogens is 421 g/mol. The highest BCUT2D eigenvalue weighted by molar-refractivity contribution is 5.79. The van der Waals surface area contributed by atoms with E-state index in [1.807, 2.05) is 0 Å². The van der Waals surface area contributed by atoms with Gasteiger partial charge in [-0.05, 0) is 12.1 Å². The van der Waals surface area contributed by atoms with Gasteiger partial charge < -0.3 is 9.47 Å². The second kappa shape index (κ2) is 6.97. The highest BCUT2D eigenvalue weighted by Crippen LogP contribution is 2.16. The van der Waals surface area contributed by atoms with Crippen LogP contribution in [0.25, 0.3) is 16.8 Å². The van der Waals surface area contributed by atoms with E-state index in [2.05, 4.69) is 9.97 Å². The van der Waals surface area contributed by atoms with Crippen LogP contribution in [-0.2, 0) is 38.4 Å². The van der Waals surface area contributed by atoms with Crippen molar-refractivity contribution in [3.05, 3.63) is 72.9 Å². The van der Waals surface area contributed by atoms with Crippen molar-refractivity contribution < 1.29 is 9.18 Å². The van der Waals surface area contributed by atoms with E-state index in [0.717, 1.165) is 15.2 Å². The van der Waals surface area contributed by atoms with Gasteiger partial charge in [0.1, 0.15) is 18.0 Å². The van der Waals surface area contributed by atoms with E-state index < -0.39 is 22.6 Å². The molecule has 0 aromatic carbocycles. The van der Waals surface area contributed by atoms with E-state index >= 15 is 0 Å². The Kier molecular flexibility index (Phi) is 4.32. The predicted molar refractivity (Wildman–Crippen MR) is 111 cm³/mol. The summed E-state index contributed by atoms with van der Waals surface area (Å²) in [6.45, 7) is 0.192. The summed E-state index contributed by atoms with van der Waals surface area (Å²) in [6.07, 6.45) is 2.79. The van der Waals surface area contributed by atoms with Gasteiger partial charge in [0.05, 0.1) is 24.1 Å². The first kappa shape index (κ1) is 19.8. The first-order chi connectivity index (χ1) is 15.3. The van der Waals surface area contributed by atoms with Gasteiger partial charge in [0.15, 0.2) is 11.2 Å². The van der Waals surface area contributed by atoms with Crippen LogP contribution in [0.3, 0.4) is 0 Å². The van der Waals surface area contributed by atoms with Crippen molar-refractivity contribution in [3.8, 4) is 0 Å². The Labute approximate surface area is 178 Å². The van der Waals surface area contributed by atoms with Crippen LogP contribution >= 0.6 is 0 Å². The molecule has 5 rings (SSSR count). The molecule has 0 N–H and O–H groups in total. The molecule has 0 atom stereocenters. The van der Waals surface area contributed by atoms with E-state index in [1.165, 1.54) is 46.6 Å². The SMILES string of the molecule is Cn1c(=O)c2c(ncn2CC(=O)N2CCc3nc4ccc(F)cn4c(=O)c3C2)n(C)c1=O. The average molecular weight is 439 g/mol. The van der Waals surface area contributed by atoms with Crippen LogP contribution in [-0.4, -0.2) is 45.4 Å². The second-order valence-corrected chi connectivity index (χ2v) is 7.73. The quantitative estimate of drug-likeness (QED) is 0.402. The third-order valence-electron chi connectivity index (χ3n) is 5.81. The van der Waals surface area contributed by atoms with Gasteiger partial charge in [-0.3, -0.25) is 27.9 Å². The lowest BCUT2D eigenvalue weighted by molar-refractivity contribution is -0.132. The number of imidazole rings is 1. The topological polar surface area (TPSA) is 116 Å². The monoisotopic (exact) mass is 439 g/mol. The number of hydrogen-bond donors (Lipinski definition) is 0. The second-order valence-electron chi connectivity index (χ2n) is 7.73. The number of fused-ring (bicyclic) bond motifs is 3. The fraction of sp³-hybridized carbons (Fsp3) is 0.300. The summed E-state index contributed by atoms with van der Waals surface area (Å²) in [5.41, 5.74) is 0.121. The summed E-state index contributed by atoms with van der Waals surface area (Å²) >= 11 is 0. The standard InChI is InChI=1S/C20H18FN7O4/c1-24-17-16(19(31)25(2)20(24)32)27(10-22-17)9-15(29)26-6-5-13-12(8-26)18(30)28-7-11(21)3-4-14(28)23-13/h3-4,7,10H,5-6,8-9H2,1-2H3. The van der Waals surface area contributed by atoms with Gasteiger partial charge in [0, 0.05) is 33.3 Å². The maximum Gasteiger partial charge on any atom is 0.332 e. The van der Waals surface area contributed by atoms with E-state index in [-0.39, 0.29) is 30.2 Å². The number of hydrogen-bond acceptors (Lipinski definition) is 6.